The van der Waals surface area contributed by atoms with Crippen LogP contribution in [0.4, 0.5) is 0 Å². The van der Waals surface area contributed by atoms with Gasteiger partial charge in [0, 0.05) is 26.3 Å². The van der Waals surface area contributed by atoms with Crippen LogP contribution in [0.5, 0.6) is 0 Å². The third-order valence-electron chi connectivity index (χ3n) is 5.18. The summed E-state index contributed by atoms with van der Waals surface area (Å²) < 4.78 is 0. The molecule has 0 N–H and O–H groups in total. The Morgan fingerprint density at radius 2 is 1.44 bits per heavy atom. The van der Waals surface area contributed by atoms with Crippen LogP contribution >= 0.6 is 0 Å². The van der Waals surface area contributed by atoms with Crippen LogP contribution in [0.1, 0.15) is 61.8 Å². The van der Waals surface area contributed by atoms with Crippen LogP contribution in [0.25, 0.3) is 22.4 Å². The molecule has 0 aliphatic carbocycles. The molecule has 0 saturated carbocycles. The Morgan fingerprint density at radius 3 is 2.04 bits per heavy atom. The SMILES string of the molecule is Cc1ccnc(-c2[c-]ccc(-c3cc(C(C)C)cc(C(C)C)c3)c2)c1C.[Ir]. The van der Waals surface area contributed by atoms with Crippen LogP contribution in [-0.2, 0) is 20.1 Å². The fourth-order valence-corrected chi connectivity index (χ4v) is 3.20. The maximum atomic E-state index is 4.60. The molecule has 0 amide bonds. The van der Waals surface area contributed by atoms with Gasteiger partial charge in [-0.1, -0.05) is 57.0 Å². The van der Waals surface area contributed by atoms with Crippen LogP contribution in [0.2, 0.25) is 0 Å². The molecule has 1 nitrogen and oxygen atoms in total. The van der Waals surface area contributed by atoms with Crippen molar-refractivity contribution in [3.63, 3.8) is 0 Å². The van der Waals surface area contributed by atoms with Crippen LogP contribution in [0, 0.1) is 19.9 Å². The van der Waals surface area contributed by atoms with E-state index >= 15 is 0 Å². The number of hydrogen-bond acceptors (Lipinski definition) is 1. The summed E-state index contributed by atoms with van der Waals surface area (Å²) in [6, 6.07) is 18.8. The third-order valence-corrected chi connectivity index (χ3v) is 5.18. The van der Waals surface area contributed by atoms with E-state index in [1.54, 1.807) is 0 Å². The van der Waals surface area contributed by atoms with E-state index in [0.29, 0.717) is 11.8 Å². The molecule has 0 fully saturated rings. The zero-order valence-electron chi connectivity index (χ0n) is 17.1. The zero-order valence-corrected chi connectivity index (χ0v) is 19.4. The number of aryl methyl sites for hydroxylation is 1. The smallest absolute Gasteiger partial charge is 0.0163 e. The van der Waals surface area contributed by atoms with Crippen molar-refractivity contribution in [1.82, 2.24) is 4.98 Å². The average molecular weight is 535 g/mol. The molecule has 0 aliphatic heterocycles. The number of aromatic nitrogens is 1. The minimum atomic E-state index is 0. The van der Waals surface area contributed by atoms with Gasteiger partial charge < -0.3 is 4.98 Å². The van der Waals surface area contributed by atoms with Crippen LogP contribution in [0.3, 0.4) is 0 Å². The molecule has 0 spiro atoms. The molecule has 2 heteroatoms. The summed E-state index contributed by atoms with van der Waals surface area (Å²) >= 11 is 0. The number of hydrogen-bond donors (Lipinski definition) is 0. The molecule has 1 aromatic heterocycles. The second-order valence-electron chi connectivity index (χ2n) is 7.79. The number of rotatable bonds is 4. The predicted molar refractivity (Wildman–Crippen MR) is 112 cm³/mol. The quantitative estimate of drug-likeness (QED) is 0.326. The van der Waals surface area contributed by atoms with Gasteiger partial charge in [-0.2, -0.15) is 0 Å². The Kier molecular flexibility index (Phi) is 7.14. The third kappa shape index (κ3) is 4.75. The molecule has 0 bridgehead atoms. The van der Waals surface area contributed by atoms with Crippen molar-refractivity contribution in [1.29, 1.82) is 0 Å². The zero-order chi connectivity index (χ0) is 18.8. The van der Waals surface area contributed by atoms with Crippen molar-refractivity contribution in [3.8, 4) is 22.4 Å². The fraction of sp³-hybridized carbons (Fsp3) is 0.320. The molecule has 0 atom stereocenters. The van der Waals surface area contributed by atoms with Crippen molar-refractivity contribution in [2.45, 2.75) is 53.4 Å². The van der Waals surface area contributed by atoms with Crippen LogP contribution in [-0.4, -0.2) is 4.98 Å². The summed E-state index contributed by atoms with van der Waals surface area (Å²) in [7, 11) is 0. The molecule has 0 unspecified atom stereocenters. The van der Waals surface area contributed by atoms with E-state index in [-0.39, 0.29) is 20.1 Å². The summed E-state index contributed by atoms with van der Waals surface area (Å²) in [5.74, 6) is 1.03. The molecule has 1 heterocycles. The fourth-order valence-electron chi connectivity index (χ4n) is 3.20. The summed E-state index contributed by atoms with van der Waals surface area (Å²) in [6.45, 7) is 13.3. The Hall–Kier alpha value is -1.76. The average Bonchev–Trinajstić information content (AvgIpc) is 2.63. The number of benzene rings is 2. The summed E-state index contributed by atoms with van der Waals surface area (Å²) in [6.07, 6.45) is 1.88. The maximum Gasteiger partial charge on any atom is 0.0163 e. The van der Waals surface area contributed by atoms with Gasteiger partial charge in [0.05, 0.1) is 0 Å². The minimum absolute atomic E-state index is 0. The van der Waals surface area contributed by atoms with Gasteiger partial charge in [-0.05, 0) is 54.1 Å². The van der Waals surface area contributed by atoms with E-state index < -0.39 is 0 Å². The molecule has 3 aromatic rings. The molecule has 0 saturated heterocycles. The molecule has 27 heavy (non-hydrogen) atoms. The first-order chi connectivity index (χ1) is 12.4. The van der Waals surface area contributed by atoms with Gasteiger partial charge in [0.25, 0.3) is 0 Å². The van der Waals surface area contributed by atoms with Gasteiger partial charge >= 0.3 is 0 Å². The van der Waals surface area contributed by atoms with Gasteiger partial charge in [-0.25, -0.2) is 0 Å². The summed E-state index contributed by atoms with van der Waals surface area (Å²) in [5, 5.41) is 0. The Balaban J connectivity index is 0.00000261. The van der Waals surface area contributed by atoms with E-state index in [0.717, 1.165) is 11.3 Å². The summed E-state index contributed by atoms with van der Waals surface area (Å²) in [5.41, 5.74) is 9.86. The number of pyridine rings is 1. The monoisotopic (exact) mass is 535 g/mol. The van der Waals surface area contributed by atoms with E-state index in [9.17, 15) is 0 Å². The van der Waals surface area contributed by atoms with Crippen molar-refractivity contribution in [2.75, 3.05) is 0 Å². The molecule has 3 rings (SSSR count). The van der Waals surface area contributed by atoms with E-state index in [2.05, 4.69) is 89.0 Å². The summed E-state index contributed by atoms with van der Waals surface area (Å²) in [4.78, 5) is 4.60. The standard InChI is InChI=1S/C25H28N.Ir/c1-16(2)22-13-23(17(3)4)15-24(14-22)20-8-7-9-21(12-20)25-19(6)18(5)10-11-26-25;/h7-8,10-17H,1-6H3;/q-1;. The molecular formula is C25H28IrN-. The van der Waals surface area contributed by atoms with Crippen molar-refractivity contribution < 1.29 is 20.1 Å². The van der Waals surface area contributed by atoms with Gasteiger partial charge in [0.2, 0.25) is 0 Å². The van der Waals surface area contributed by atoms with Crippen molar-refractivity contribution >= 4 is 0 Å². The largest absolute Gasteiger partial charge is 0.304 e. The van der Waals surface area contributed by atoms with E-state index in [1.807, 2.05) is 12.3 Å². The first-order valence-corrected chi connectivity index (χ1v) is 9.46. The molecule has 143 valence electrons. The molecule has 1 radical (unpaired) electrons. The first kappa shape index (κ1) is 21.5. The van der Waals surface area contributed by atoms with Gasteiger partial charge in [-0.3, -0.25) is 0 Å². The predicted octanol–water partition coefficient (Wildman–Crippen LogP) is 7.08. The Bertz CT molecular complexity index is 899. The topological polar surface area (TPSA) is 12.9 Å². The van der Waals surface area contributed by atoms with E-state index in [4.69, 9.17) is 0 Å². The minimum Gasteiger partial charge on any atom is -0.304 e. The molecule has 2 aromatic carbocycles. The maximum absolute atomic E-state index is 4.60. The molecule has 0 aliphatic rings. The van der Waals surface area contributed by atoms with Crippen molar-refractivity contribution in [3.05, 3.63) is 77.0 Å². The first-order valence-electron chi connectivity index (χ1n) is 9.46. The van der Waals surface area contributed by atoms with Gasteiger partial charge in [0.1, 0.15) is 0 Å². The van der Waals surface area contributed by atoms with Gasteiger partial charge in [0.15, 0.2) is 0 Å². The van der Waals surface area contributed by atoms with E-state index in [1.165, 1.54) is 33.4 Å². The second kappa shape index (κ2) is 8.95. The second-order valence-corrected chi connectivity index (χ2v) is 7.79. The van der Waals surface area contributed by atoms with Crippen molar-refractivity contribution in [2.24, 2.45) is 0 Å². The normalized spacial score (nSPS) is 11.0. The molecular weight excluding hydrogens is 506 g/mol. The number of nitrogens with zero attached hydrogens (tertiary/aromatic N) is 1. The van der Waals surface area contributed by atoms with Crippen LogP contribution in [0.15, 0.2) is 48.7 Å². The van der Waals surface area contributed by atoms with Crippen LogP contribution < -0.4 is 0 Å². The Morgan fingerprint density at radius 1 is 0.815 bits per heavy atom. The Labute approximate surface area is 177 Å². The van der Waals surface area contributed by atoms with Gasteiger partial charge in [-0.15, -0.1) is 35.4 Å².